The Labute approximate surface area is 182 Å². The molecule has 1 aromatic heterocycles. The summed E-state index contributed by atoms with van der Waals surface area (Å²) in [7, 11) is 3.27. The first-order valence-electron chi connectivity index (χ1n) is 10.2. The number of hydrogen-bond donors (Lipinski definition) is 2. The largest absolute Gasteiger partial charge is 0.493 e. The molecule has 2 N–H and O–H groups in total. The van der Waals surface area contributed by atoms with E-state index in [2.05, 4.69) is 16.4 Å². The van der Waals surface area contributed by atoms with Gasteiger partial charge in [0.1, 0.15) is 0 Å². The van der Waals surface area contributed by atoms with E-state index < -0.39 is 0 Å². The standard InChI is InChI=1S/C26H26N2O3/c1-17-9-4-5-10-18(17)26(29)28-16-22(20-12-8-14-24(30-2)25(20)31-3)21-15-27-23-13-7-6-11-19(21)23/h4-15,22,27H,16H2,1-3H3,(H,28,29). The van der Waals surface area contributed by atoms with Crippen LogP contribution in [0.1, 0.15) is 33.0 Å². The Morgan fingerprint density at radius 3 is 2.48 bits per heavy atom. The van der Waals surface area contributed by atoms with Crippen molar-refractivity contribution >= 4 is 16.8 Å². The molecule has 0 aliphatic heterocycles. The van der Waals surface area contributed by atoms with Crippen molar-refractivity contribution < 1.29 is 14.3 Å². The van der Waals surface area contributed by atoms with E-state index in [9.17, 15) is 4.79 Å². The summed E-state index contributed by atoms with van der Waals surface area (Å²) in [6.07, 6.45) is 2.01. The molecule has 0 fully saturated rings. The molecule has 5 heteroatoms. The predicted molar refractivity (Wildman–Crippen MR) is 123 cm³/mol. The van der Waals surface area contributed by atoms with Gasteiger partial charge in [-0.1, -0.05) is 48.5 Å². The van der Waals surface area contributed by atoms with E-state index in [0.717, 1.165) is 27.6 Å². The molecule has 0 saturated heterocycles. The lowest BCUT2D eigenvalue weighted by Gasteiger charge is -2.22. The van der Waals surface area contributed by atoms with Crippen LogP contribution >= 0.6 is 0 Å². The number of carbonyl (C=O) groups is 1. The summed E-state index contributed by atoms with van der Waals surface area (Å²) in [5.41, 5.74) is 4.72. The van der Waals surface area contributed by atoms with Crippen LogP contribution in [0.2, 0.25) is 0 Å². The Bertz CT molecular complexity index is 1210. The summed E-state index contributed by atoms with van der Waals surface area (Å²) < 4.78 is 11.2. The van der Waals surface area contributed by atoms with Crippen LogP contribution in [0.25, 0.3) is 10.9 Å². The molecule has 1 atom stereocenters. The quantitative estimate of drug-likeness (QED) is 0.445. The number of aryl methyl sites for hydroxylation is 1. The van der Waals surface area contributed by atoms with Crippen LogP contribution in [-0.2, 0) is 0 Å². The first-order valence-corrected chi connectivity index (χ1v) is 10.2. The third-order valence-corrected chi connectivity index (χ3v) is 5.66. The van der Waals surface area contributed by atoms with Gasteiger partial charge in [-0.3, -0.25) is 4.79 Å². The van der Waals surface area contributed by atoms with Gasteiger partial charge in [0, 0.05) is 40.7 Å². The number of aromatic nitrogens is 1. The summed E-state index contributed by atoms with van der Waals surface area (Å²) in [6, 6.07) is 21.6. The molecule has 0 aliphatic carbocycles. The number of nitrogens with one attached hydrogen (secondary N) is 2. The second-order valence-corrected chi connectivity index (χ2v) is 7.45. The van der Waals surface area contributed by atoms with E-state index in [1.54, 1.807) is 14.2 Å². The van der Waals surface area contributed by atoms with Crippen molar-refractivity contribution in [2.45, 2.75) is 12.8 Å². The van der Waals surface area contributed by atoms with Crippen LogP contribution in [0, 0.1) is 6.92 Å². The molecule has 0 radical (unpaired) electrons. The zero-order valence-corrected chi connectivity index (χ0v) is 17.9. The number of carbonyl (C=O) groups excluding carboxylic acids is 1. The fraction of sp³-hybridized carbons (Fsp3) is 0.192. The number of hydrogen-bond acceptors (Lipinski definition) is 3. The maximum atomic E-state index is 12.9. The number of aromatic amines is 1. The first kappa shape index (κ1) is 20.5. The van der Waals surface area contributed by atoms with Gasteiger partial charge in [0.25, 0.3) is 5.91 Å². The Morgan fingerprint density at radius 1 is 0.935 bits per heavy atom. The summed E-state index contributed by atoms with van der Waals surface area (Å²) in [5.74, 6) is 1.11. The van der Waals surface area contributed by atoms with Crippen molar-refractivity contribution in [3.63, 3.8) is 0 Å². The molecule has 1 heterocycles. The van der Waals surface area contributed by atoms with Crippen molar-refractivity contribution in [3.05, 3.63) is 95.2 Å². The number of methoxy groups -OCH3 is 2. The molecule has 4 aromatic rings. The molecule has 31 heavy (non-hydrogen) atoms. The monoisotopic (exact) mass is 414 g/mol. The van der Waals surface area contributed by atoms with Gasteiger partial charge in [0.15, 0.2) is 11.5 Å². The zero-order chi connectivity index (χ0) is 21.8. The normalized spacial score (nSPS) is 11.8. The minimum atomic E-state index is -0.130. The van der Waals surface area contributed by atoms with Crippen molar-refractivity contribution in [3.8, 4) is 11.5 Å². The average Bonchev–Trinajstić information content (AvgIpc) is 3.23. The number of para-hydroxylation sites is 2. The number of H-pyrrole nitrogens is 1. The van der Waals surface area contributed by atoms with Gasteiger partial charge in [-0.05, 0) is 36.2 Å². The van der Waals surface area contributed by atoms with Crippen LogP contribution in [-0.4, -0.2) is 31.7 Å². The maximum absolute atomic E-state index is 12.9. The number of benzene rings is 3. The number of ether oxygens (including phenoxy) is 2. The Morgan fingerprint density at radius 2 is 1.71 bits per heavy atom. The zero-order valence-electron chi connectivity index (χ0n) is 17.9. The van der Waals surface area contributed by atoms with Gasteiger partial charge < -0.3 is 19.8 Å². The van der Waals surface area contributed by atoms with Gasteiger partial charge in [-0.25, -0.2) is 0 Å². The Hall–Kier alpha value is -3.73. The van der Waals surface area contributed by atoms with E-state index in [4.69, 9.17) is 9.47 Å². The van der Waals surface area contributed by atoms with Crippen LogP contribution in [0.15, 0.2) is 72.9 Å². The first-order chi connectivity index (χ1) is 15.1. The van der Waals surface area contributed by atoms with E-state index in [1.165, 1.54) is 0 Å². The third kappa shape index (κ3) is 3.99. The molecule has 1 unspecified atom stereocenters. The molecule has 158 valence electrons. The fourth-order valence-electron chi connectivity index (χ4n) is 4.07. The van der Waals surface area contributed by atoms with Crippen molar-refractivity contribution in [1.29, 1.82) is 0 Å². The molecule has 3 aromatic carbocycles. The highest BCUT2D eigenvalue weighted by Gasteiger charge is 2.24. The molecule has 0 bridgehead atoms. The molecule has 0 saturated carbocycles. The minimum absolute atomic E-state index is 0.0928. The van der Waals surface area contributed by atoms with Gasteiger partial charge in [0.05, 0.1) is 14.2 Å². The second kappa shape index (κ2) is 8.96. The third-order valence-electron chi connectivity index (χ3n) is 5.66. The van der Waals surface area contributed by atoms with Crippen LogP contribution in [0.3, 0.4) is 0 Å². The molecule has 5 nitrogen and oxygen atoms in total. The van der Waals surface area contributed by atoms with Crippen LogP contribution in [0.4, 0.5) is 0 Å². The molecule has 0 spiro atoms. The molecular weight excluding hydrogens is 388 g/mol. The molecule has 0 aliphatic rings. The van der Waals surface area contributed by atoms with E-state index in [-0.39, 0.29) is 11.8 Å². The average molecular weight is 415 g/mol. The number of rotatable bonds is 7. The van der Waals surface area contributed by atoms with Gasteiger partial charge in [-0.2, -0.15) is 0 Å². The maximum Gasteiger partial charge on any atom is 0.251 e. The van der Waals surface area contributed by atoms with Crippen LogP contribution in [0.5, 0.6) is 11.5 Å². The van der Waals surface area contributed by atoms with Crippen molar-refractivity contribution in [1.82, 2.24) is 10.3 Å². The smallest absolute Gasteiger partial charge is 0.251 e. The van der Waals surface area contributed by atoms with Crippen LogP contribution < -0.4 is 14.8 Å². The SMILES string of the molecule is COc1cccc(C(CNC(=O)c2ccccc2C)c2c[nH]c3ccccc23)c1OC. The highest BCUT2D eigenvalue weighted by atomic mass is 16.5. The van der Waals surface area contributed by atoms with E-state index in [1.807, 2.05) is 73.8 Å². The number of fused-ring (bicyclic) bond motifs is 1. The predicted octanol–water partition coefficient (Wildman–Crippen LogP) is 5.06. The Kier molecular flexibility index (Phi) is 5.94. The molecule has 1 amide bonds. The van der Waals surface area contributed by atoms with Gasteiger partial charge >= 0.3 is 0 Å². The van der Waals surface area contributed by atoms with E-state index in [0.29, 0.717) is 23.6 Å². The topological polar surface area (TPSA) is 63.3 Å². The lowest BCUT2D eigenvalue weighted by molar-refractivity contribution is 0.0951. The second-order valence-electron chi connectivity index (χ2n) is 7.45. The fourth-order valence-corrected chi connectivity index (χ4v) is 4.07. The summed E-state index contributed by atoms with van der Waals surface area (Å²) in [4.78, 5) is 16.3. The van der Waals surface area contributed by atoms with Crippen molar-refractivity contribution in [2.24, 2.45) is 0 Å². The summed E-state index contributed by atoms with van der Waals surface area (Å²) in [5, 5.41) is 4.24. The lowest BCUT2D eigenvalue weighted by Crippen LogP contribution is -2.29. The highest BCUT2D eigenvalue weighted by molar-refractivity contribution is 5.95. The van der Waals surface area contributed by atoms with Gasteiger partial charge in [0.2, 0.25) is 0 Å². The minimum Gasteiger partial charge on any atom is -0.493 e. The summed E-state index contributed by atoms with van der Waals surface area (Å²) in [6.45, 7) is 2.36. The molecular formula is C26H26N2O3. The number of amides is 1. The lowest BCUT2D eigenvalue weighted by atomic mass is 9.89. The van der Waals surface area contributed by atoms with Gasteiger partial charge in [-0.15, -0.1) is 0 Å². The van der Waals surface area contributed by atoms with Crippen molar-refractivity contribution in [2.75, 3.05) is 20.8 Å². The van der Waals surface area contributed by atoms with E-state index >= 15 is 0 Å². The summed E-state index contributed by atoms with van der Waals surface area (Å²) >= 11 is 0. The highest BCUT2D eigenvalue weighted by Crippen LogP contribution is 2.40. The molecule has 4 rings (SSSR count). The Balaban J connectivity index is 1.75.